The lowest BCUT2D eigenvalue weighted by atomic mass is 9.90. The minimum absolute atomic E-state index is 0.0462. The summed E-state index contributed by atoms with van der Waals surface area (Å²) in [6.45, 7) is 0.967. The van der Waals surface area contributed by atoms with E-state index in [0.717, 1.165) is 28.9 Å². The molecule has 1 heterocycles. The third-order valence-corrected chi connectivity index (χ3v) is 6.16. The molecule has 0 saturated heterocycles. The van der Waals surface area contributed by atoms with Gasteiger partial charge in [-0.25, -0.2) is 0 Å². The summed E-state index contributed by atoms with van der Waals surface area (Å²) in [5, 5.41) is 29.5. The summed E-state index contributed by atoms with van der Waals surface area (Å²) in [4.78, 5) is 35.9. The number of nitro groups is 1. The van der Waals surface area contributed by atoms with E-state index in [1.807, 2.05) is 24.3 Å². The number of aliphatic hydroxyl groups excluding tert-OH is 1. The molecule has 1 amide bonds. The maximum atomic E-state index is 13.0. The Hall–Kier alpha value is -4.18. The number of allylic oxidation sites excluding steroid dienone is 2. The third kappa shape index (κ3) is 5.55. The first kappa shape index (κ1) is 24.9. The zero-order valence-corrected chi connectivity index (χ0v) is 19.9. The van der Waals surface area contributed by atoms with Gasteiger partial charge in [0.1, 0.15) is 0 Å². The van der Waals surface area contributed by atoms with Crippen LogP contribution < -0.4 is 20.7 Å². The molecule has 0 radical (unpaired) electrons. The van der Waals surface area contributed by atoms with Crippen LogP contribution in [0.1, 0.15) is 30.4 Å². The number of ether oxygens (including phenoxy) is 1. The van der Waals surface area contributed by atoms with E-state index in [9.17, 15) is 19.7 Å². The number of ketones is 1. The summed E-state index contributed by atoms with van der Waals surface area (Å²) >= 11 is 0. The molecular formula is C26H28N4O6. The maximum absolute atomic E-state index is 13.0. The smallest absolute Gasteiger partial charge is 0.310 e. The van der Waals surface area contributed by atoms with Crippen LogP contribution in [0, 0.1) is 10.1 Å². The van der Waals surface area contributed by atoms with Crippen LogP contribution in [0.2, 0.25) is 0 Å². The molecule has 0 spiro atoms. The molecule has 0 saturated carbocycles. The van der Waals surface area contributed by atoms with Gasteiger partial charge >= 0.3 is 5.69 Å². The van der Waals surface area contributed by atoms with Crippen LogP contribution in [0.5, 0.6) is 5.75 Å². The van der Waals surface area contributed by atoms with Gasteiger partial charge in [-0.05, 0) is 59.9 Å². The molecule has 0 unspecified atom stereocenters. The summed E-state index contributed by atoms with van der Waals surface area (Å²) in [5.74, 6) is -0.000276. The number of fused-ring (bicyclic) bond motifs is 1. The average molecular weight is 493 g/mol. The molecule has 188 valence electrons. The second-order valence-electron chi connectivity index (χ2n) is 8.62. The average Bonchev–Trinajstić information content (AvgIpc) is 3.05. The maximum Gasteiger partial charge on any atom is 0.310 e. The number of unbranched alkanes of at least 4 members (excludes halogenated alkanes) is 1. The lowest BCUT2D eigenvalue weighted by molar-refractivity contribution is -0.385. The number of aliphatic hydroxyl groups is 1. The summed E-state index contributed by atoms with van der Waals surface area (Å²) in [6.07, 6.45) is 3.67. The Balaban J connectivity index is 1.52. The van der Waals surface area contributed by atoms with Gasteiger partial charge in [-0.15, -0.1) is 0 Å². The molecule has 4 N–H and O–H groups in total. The predicted octanol–water partition coefficient (Wildman–Crippen LogP) is 3.18. The molecule has 2 aromatic rings. The first-order chi connectivity index (χ1) is 17.4. The van der Waals surface area contributed by atoms with Crippen LogP contribution in [-0.4, -0.2) is 48.5 Å². The van der Waals surface area contributed by atoms with Gasteiger partial charge in [0.05, 0.1) is 29.8 Å². The first-order valence-electron chi connectivity index (χ1n) is 11.7. The molecule has 10 nitrogen and oxygen atoms in total. The van der Waals surface area contributed by atoms with Gasteiger partial charge in [-0.2, -0.15) is 0 Å². The monoisotopic (exact) mass is 492 g/mol. The fourth-order valence-electron chi connectivity index (χ4n) is 4.26. The number of amides is 1. The zero-order chi connectivity index (χ0) is 25.7. The van der Waals surface area contributed by atoms with Gasteiger partial charge in [0.2, 0.25) is 5.91 Å². The number of Topliss-reactive ketones (excluding diaryl/α,β-unsaturated/α-hetero) is 1. The van der Waals surface area contributed by atoms with Crippen LogP contribution in [-0.2, 0) is 16.0 Å². The minimum Gasteiger partial charge on any atom is -0.490 e. The molecule has 1 aliphatic heterocycles. The van der Waals surface area contributed by atoms with Crippen LogP contribution in [0.15, 0.2) is 53.7 Å². The SMILES string of the molecule is COc1cc(C2=CC3=C(CNc4cc(CC(=O)NCCCCO)ccc4N3)C(=O)C2)ccc1[N+](=O)[O-]. The minimum atomic E-state index is -0.506. The van der Waals surface area contributed by atoms with E-state index in [1.165, 1.54) is 13.2 Å². The molecule has 36 heavy (non-hydrogen) atoms. The van der Waals surface area contributed by atoms with Crippen molar-refractivity contribution in [1.29, 1.82) is 0 Å². The summed E-state index contributed by atoms with van der Waals surface area (Å²) in [7, 11) is 1.37. The highest BCUT2D eigenvalue weighted by molar-refractivity contribution is 6.07. The van der Waals surface area contributed by atoms with Crippen LogP contribution in [0.25, 0.3) is 5.57 Å². The lowest BCUT2D eigenvalue weighted by Gasteiger charge is -2.19. The highest BCUT2D eigenvalue weighted by Crippen LogP contribution is 2.37. The first-order valence-corrected chi connectivity index (χ1v) is 11.7. The Morgan fingerprint density at radius 2 is 2.03 bits per heavy atom. The molecule has 2 aliphatic rings. The topological polar surface area (TPSA) is 143 Å². The number of benzene rings is 2. The normalized spacial score (nSPS) is 14.5. The van der Waals surface area contributed by atoms with Crippen molar-refractivity contribution in [3.8, 4) is 5.75 Å². The van der Waals surface area contributed by atoms with Crippen LogP contribution >= 0.6 is 0 Å². The van der Waals surface area contributed by atoms with Crippen molar-refractivity contribution in [3.63, 3.8) is 0 Å². The number of hydrogen-bond donors (Lipinski definition) is 4. The number of nitro benzene ring substituents is 1. The van der Waals surface area contributed by atoms with Gasteiger partial charge < -0.3 is 25.8 Å². The molecule has 0 aromatic heterocycles. The number of methoxy groups -OCH3 is 1. The van der Waals surface area contributed by atoms with Crippen molar-refractivity contribution < 1.29 is 24.4 Å². The van der Waals surface area contributed by atoms with E-state index in [-0.39, 0.29) is 42.6 Å². The number of rotatable bonds is 9. The number of anilines is 2. The Morgan fingerprint density at radius 3 is 2.78 bits per heavy atom. The number of nitrogens with one attached hydrogen (secondary N) is 3. The van der Waals surface area contributed by atoms with E-state index in [2.05, 4.69) is 16.0 Å². The fraction of sp³-hybridized carbons (Fsp3) is 0.308. The van der Waals surface area contributed by atoms with Gasteiger partial charge in [-0.3, -0.25) is 19.7 Å². The summed E-state index contributed by atoms with van der Waals surface area (Å²) in [5.41, 5.74) is 4.96. The van der Waals surface area contributed by atoms with Gasteiger partial charge in [0.15, 0.2) is 11.5 Å². The second kappa shape index (κ2) is 11.0. The Morgan fingerprint density at radius 1 is 1.19 bits per heavy atom. The van der Waals surface area contributed by atoms with Gasteiger partial charge in [0, 0.05) is 43.5 Å². The van der Waals surface area contributed by atoms with E-state index >= 15 is 0 Å². The van der Waals surface area contributed by atoms with Crippen molar-refractivity contribution in [2.24, 2.45) is 0 Å². The largest absolute Gasteiger partial charge is 0.490 e. The predicted molar refractivity (Wildman–Crippen MR) is 136 cm³/mol. The van der Waals surface area contributed by atoms with Crippen LogP contribution in [0.4, 0.5) is 17.1 Å². The molecule has 0 atom stereocenters. The molecular weight excluding hydrogens is 464 g/mol. The van der Waals surface area contributed by atoms with Crippen molar-refractivity contribution in [1.82, 2.24) is 5.32 Å². The molecule has 1 aliphatic carbocycles. The lowest BCUT2D eigenvalue weighted by Crippen LogP contribution is -2.26. The van der Waals surface area contributed by atoms with Gasteiger partial charge in [-0.1, -0.05) is 6.07 Å². The summed E-state index contributed by atoms with van der Waals surface area (Å²) in [6, 6.07) is 10.2. The van der Waals surface area contributed by atoms with Crippen LogP contribution in [0.3, 0.4) is 0 Å². The standard InChI is InChI=1S/C26H28N4O6/c1-36-25-14-17(5-7-23(25)30(34)35)18-12-21-19(24(32)13-18)15-28-22-10-16(4-6-20(22)29-21)11-26(33)27-8-2-3-9-31/h4-7,10,12,14,28-29,31H,2-3,8-9,11,13,15H2,1H3,(H,27,33). The van der Waals surface area contributed by atoms with E-state index < -0.39 is 4.92 Å². The molecule has 0 bridgehead atoms. The Kier molecular flexibility index (Phi) is 7.65. The summed E-state index contributed by atoms with van der Waals surface area (Å²) < 4.78 is 5.18. The Bertz CT molecular complexity index is 1270. The van der Waals surface area contributed by atoms with E-state index in [4.69, 9.17) is 9.84 Å². The van der Waals surface area contributed by atoms with Gasteiger partial charge in [0.25, 0.3) is 0 Å². The Labute approximate surface area is 208 Å². The zero-order valence-electron chi connectivity index (χ0n) is 19.9. The number of carbonyl (C=O) groups excluding carboxylic acids is 2. The number of hydrogen-bond acceptors (Lipinski definition) is 8. The number of carbonyl (C=O) groups is 2. The molecule has 2 aromatic carbocycles. The highest BCUT2D eigenvalue weighted by Gasteiger charge is 2.26. The fourth-order valence-corrected chi connectivity index (χ4v) is 4.26. The van der Waals surface area contributed by atoms with E-state index in [1.54, 1.807) is 12.1 Å². The molecule has 0 fully saturated rings. The van der Waals surface area contributed by atoms with Crippen molar-refractivity contribution >= 4 is 34.3 Å². The molecule has 4 rings (SSSR count). The third-order valence-electron chi connectivity index (χ3n) is 6.16. The van der Waals surface area contributed by atoms with Crippen molar-refractivity contribution in [2.75, 3.05) is 37.4 Å². The molecule has 10 heteroatoms. The van der Waals surface area contributed by atoms with Crippen molar-refractivity contribution in [2.45, 2.75) is 25.7 Å². The van der Waals surface area contributed by atoms with Crippen molar-refractivity contribution in [3.05, 3.63) is 75.0 Å². The van der Waals surface area contributed by atoms with E-state index in [0.29, 0.717) is 36.3 Å². The highest BCUT2D eigenvalue weighted by atomic mass is 16.6. The second-order valence-corrected chi connectivity index (χ2v) is 8.62. The number of nitrogens with zero attached hydrogens (tertiary/aromatic N) is 1. The quantitative estimate of drug-likeness (QED) is 0.237.